The van der Waals surface area contributed by atoms with E-state index in [9.17, 15) is 0 Å². The maximum atomic E-state index is 6.26. The molecule has 0 radical (unpaired) electrons. The van der Waals surface area contributed by atoms with Crippen LogP contribution in [0.1, 0.15) is 43.7 Å². The van der Waals surface area contributed by atoms with Crippen LogP contribution >= 0.6 is 0 Å². The van der Waals surface area contributed by atoms with Crippen LogP contribution in [0.25, 0.3) is 0 Å². The summed E-state index contributed by atoms with van der Waals surface area (Å²) >= 11 is 0. The molecule has 0 saturated carbocycles. The van der Waals surface area contributed by atoms with E-state index in [0.29, 0.717) is 5.92 Å². The van der Waals surface area contributed by atoms with Gasteiger partial charge in [-0.05, 0) is 55.0 Å². The first-order valence-corrected chi connectivity index (χ1v) is 8.64. The zero-order chi connectivity index (χ0) is 17.2. The van der Waals surface area contributed by atoms with Crippen molar-refractivity contribution in [3.8, 4) is 0 Å². The summed E-state index contributed by atoms with van der Waals surface area (Å²) in [5, 5.41) is 3.58. The molecule has 0 amide bonds. The molecule has 2 nitrogen and oxygen atoms in total. The van der Waals surface area contributed by atoms with Crippen LogP contribution in [0.4, 0.5) is 11.4 Å². The van der Waals surface area contributed by atoms with E-state index in [1.165, 1.54) is 22.5 Å². The predicted octanol–water partition coefficient (Wildman–Crippen LogP) is 5.61. The highest BCUT2D eigenvalue weighted by Gasteiger charge is 2.40. The Bertz CT molecular complexity index is 775. The topological polar surface area (TPSA) is 38.0 Å². The highest BCUT2D eigenvalue weighted by molar-refractivity contribution is 5.68. The van der Waals surface area contributed by atoms with Gasteiger partial charge in [-0.15, -0.1) is 0 Å². The maximum absolute atomic E-state index is 6.26. The molecule has 2 atom stereocenters. The van der Waals surface area contributed by atoms with Crippen molar-refractivity contribution < 1.29 is 0 Å². The van der Waals surface area contributed by atoms with E-state index in [1.807, 2.05) is 18.2 Å². The molecule has 2 aromatic rings. The molecule has 0 spiro atoms. The third-order valence-corrected chi connectivity index (χ3v) is 5.25. The Morgan fingerprint density at radius 3 is 2.58 bits per heavy atom. The van der Waals surface area contributed by atoms with E-state index >= 15 is 0 Å². The summed E-state index contributed by atoms with van der Waals surface area (Å²) in [5.74, 6) is 0.414. The number of para-hydroxylation sites is 2. The number of nitrogens with one attached hydrogen (secondary N) is 1. The van der Waals surface area contributed by atoms with Crippen LogP contribution in [0, 0.1) is 0 Å². The van der Waals surface area contributed by atoms with Crippen molar-refractivity contribution in [2.24, 2.45) is 0 Å². The molecular formula is C22H26N2. The number of fused-ring (bicyclic) bond motifs is 1. The van der Waals surface area contributed by atoms with Gasteiger partial charge in [-0.25, -0.2) is 0 Å². The second kappa shape index (κ2) is 6.56. The van der Waals surface area contributed by atoms with Gasteiger partial charge in [0.05, 0.1) is 0 Å². The van der Waals surface area contributed by atoms with E-state index in [4.69, 9.17) is 5.73 Å². The molecule has 2 aromatic carbocycles. The van der Waals surface area contributed by atoms with Gasteiger partial charge in [0.2, 0.25) is 0 Å². The van der Waals surface area contributed by atoms with Gasteiger partial charge in [-0.2, -0.15) is 0 Å². The van der Waals surface area contributed by atoms with Crippen molar-refractivity contribution in [3.05, 3.63) is 84.1 Å². The summed E-state index contributed by atoms with van der Waals surface area (Å²) in [7, 11) is 0. The van der Waals surface area contributed by atoms with Gasteiger partial charge in [-0.1, -0.05) is 56.0 Å². The van der Waals surface area contributed by atoms with Crippen molar-refractivity contribution in [2.75, 3.05) is 11.1 Å². The SMILES string of the molecule is C=C/C=C1/Nc2ccccc2C1(C)CC(CC)c1ccccc1N. The Hall–Kier alpha value is -2.48. The number of nitrogen functional groups attached to an aromatic ring is 1. The number of hydrogen-bond donors (Lipinski definition) is 2. The summed E-state index contributed by atoms with van der Waals surface area (Å²) in [5.41, 5.74) is 12.1. The van der Waals surface area contributed by atoms with Gasteiger partial charge < -0.3 is 11.1 Å². The molecule has 3 N–H and O–H groups in total. The third-order valence-electron chi connectivity index (χ3n) is 5.25. The molecule has 1 aliphatic rings. The van der Waals surface area contributed by atoms with E-state index in [-0.39, 0.29) is 5.41 Å². The Labute approximate surface area is 145 Å². The first kappa shape index (κ1) is 16.4. The van der Waals surface area contributed by atoms with Crippen molar-refractivity contribution >= 4 is 11.4 Å². The smallest absolute Gasteiger partial charge is 0.0424 e. The molecule has 2 heteroatoms. The Balaban J connectivity index is 2.03. The Kier molecular flexibility index (Phi) is 4.48. The van der Waals surface area contributed by atoms with E-state index in [1.54, 1.807) is 0 Å². The molecule has 1 aliphatic heterocycles. The van der Waals surface area contributed by atoms with Crippen LogP contribution in [-0.2, 0) is 5.41 Å². The van der Waals surface area contributed by atoms with Gasteiger partial charge in [0.25, 0.3) is 0 Å². The lowest BCUT2D eigenvalue weighted by molar-refractivity contribution is 0.452. The number of allylic oxidation sites excluding steroid dienone is 3. The van der Waals surface area contributed by atoms with E-state index in [2.05, 4.69) is 68.2 Å². The van der Waals surface area contributed by atoms with Crippen LogP contribution in [0.5, 0.6) is 0 Å². The van der Waals surface area contributed by atoms with Crippen LogP contribution in [0.2, 0.25) is 0 Å². The van der Waals surface area contributed by atoms with Gasteiger partial charge in [-0.3, -0.25) is 0 Å². The van der Waals surface area contributed by atoms with E-state index in [0.717, 1.165) is 18.5 Å². The summed E-state index contributed by atoms with van der Waals surface area (Å²) in [6, 6.07) is 16.8. The fraction of sp³-hybridized carbons (Fsp3) is 0.273. The zero-order valence-corrected chi connectivity index (χ0v) is 14.5. The fourth-order valence-electron chi connectivity index (χ4n) is 3.91. The van der Waals surface area contributed by atoms with Gasteiger partial charge >= 0.3 is 0 Å². The van der Waals surface area contributed by atoms with Gasteiger partial charge in [0.1, 0.15) is 0 Å². The second-order valence-corrected chi connectivity index (χ2v) is 6.76. The summed E-state index contributed by atoms with van der Waals surface area (Å²) in [6.45, 7) is 8.45. The average molecular weight is 318 g/mol. The molecule has 0 fully saturated rings. The molecule has 24 heavy (non-hydrogen) atoms. The Morgan fingerprint density at radius 2 is 1.88 bits per heavy atom. The highest BCUT2D eigenvalue weighted by Crippen LogP contribution is 2.49. The van der Waals surface area contributed by atoms with Crippen LogP contribution in [0.15, 0.2) is 73.0 Å². The number of nitrogens with two attached hydrogens (primary N) is 1. The molecule has 124 valence electrons. The second-order valence-electron chi connectivity index (χ2n) is 6.76. The predicted molar refractivity (Wildman–Crippen MR) is 104 cm³/mol. The normalized spacial score (nSPS) is 22.0. The minimum absolute atomic E-state index is 0.0618. The zero-order valence-electron chi connectivity index (χ0n) is 14.5. The third kappa shape index (κ3) is 2.73. The van der Waals surface area contributed by atoms with Crippen molar-refractivity contribution in [2.45, 2.75) is 38.0 Å². The number of rotatable bonds is 5. The lowest BCUT2D eigenvalue weighted by Gasteiger charge is -2.31. The summed E-state index contributed by atoms with van der Waals surface area (Å²) < 4.78 is 0. The molecule has 0 saturated heterocycles. The number of benzene rings is 2. The molecule has 0 aliphatic carbocycles. The summed E-state index contributed by atoms with van der Waals surface area (Å²) in [6.07, 6.45) is 6.04. The average Bonchev–Trinajstić information content (AvgIpc) is 2.87. The molecule has 2 unspecified atom stereocenters. The standard InChI is InChI=1S/C22H26N2/c1-4-10-21-22(3,18-12-7-9-14-20(18)24-21)15-16(5-2)17-11-6-8-13-19(17)23/h4,6-14,16,24H,1,5,15,23H2,2-3H3/b21-10+. The monoisotopic (exact) mass is 318 g/mol. The maximum Gasteiger partial charge on any atom is 0.0424 e. The van der Waals surface area contributed by atoms with Crippen molar-refractivity contribution in [3.63, 3.8) is 0 Å². The van der Waals surface area contributed by atoms with Crippen LogP contribution in [0.3, 0.4) is 0 Å². The highest BCUT2D eigenvalue weighted by atomic mass is 15.0. The number of anilines is 2. The van der Waals surface area contributed by atoms with Gasteiger partial charge in [0, 0.05) is 22.5 Å². The molecule has 3 rings (SSSR count). The minimum atomic E-state index is -0.0618. The minimum Gasteiger partial charge on any atom is -0.398 e. The number of hydrogen-bond acceptors (Lipinski definition) is 2. The van der Waals surface area contributed by atoms with Gasteiger partial charge in [0.15, 0.2) is 0 Å². The first-order chi connectivity index (χ1) is 11.6. The molecule has 0 aromatic heterocycles. The first-order valence-electron chi connectivity index (χ1n) is 8.64. The van der Waals surface area contributed by atoms with Crippen molar-refractivity contribution in [1.29, 1.82) is 0 Å². The van der Waals surface area contributed by atoms with Crippen LogP contribution in [-0.4, -0.2) is 0 Å². The summed E-state index contributed by atoms with van der Waals surface area (Å²) in [4.78, 5) is 0. The lowest BCUT2D eigenvalue weighted by Crippen LogP contribution is -2.25. The van der Waals surface area contributed by atoms with Crippen molar-refractivity contribution in [1.82, 2.24) is 0 Å². The largest absolute Gasteiger partial charge is 0.398 e. The van der Waals surface area contributed by atoms with E-state index < -0.39 is 0 Å². The quantitative estimate of drug-likeness (QED) is 0.704. The fourth-order valence-corrected chi connectivity index (χ4v) is 3.91. The molecule has 1 heterocycles. The molecular weight excluding hydrogens is 292 g/mol. The Morgan fingerprint density at radius 1 is 1.17 bits per heavy atom. The van der Waals surface area contributed by atoms with Crippen LogP contribution < -0.4 is 11.1 Å². The lowest BCUT2D eigenvalue weighted by atomic mass is 9.72. The molecule has 0 bridgehead atoms.